The molecule has 0 bridgehead atoms. The molecule has 0 aliphatic carbocycles. The molecular formula is C9H15N3O2. The van der Waals surface area contributed by atoms with Crippen LogP contribution in [0.3, 0.4) is 0 Å². The van der Waals surface area contributed by atoms with Crippen LogP contribution in [0.25, 0.3) is 0 Å². The molecule has 5 nitrogen and oxygen atoms in total. The minimum atomic E-state index is 0.320. The quantitative estimate of drug-likeness (QED) is 0.763. The van der Waals surface area contributed by atoms with Crippen molar-refractivity contribution in [3.63, 3.8) is 0 Å². The number of nitrogens with two attached hydrogens (primary N) is 1. The summed E-state index contributed by atoms with van der Waals surface area (Å²) < 4.78 is 10.2. The maximum atomic E-state index is 5.38. The monoisotopic (exact) mass is 197 g/mol. The summed E-state index contributed by atoms with van der Waals surface area (Å²) in [5.41, 5.74) is 5.38. The van der Waals surface area contributed by atoms with Gasteiger partial charge in [0.05, 0.1) is 6.54 Å². The van der Waals surface area contributed by atoms with Gasteiger partial charge < -0.3 is 15.0 Å². The molecule has 1 aromatic rings. The van der Waals surface area contributed by atoms with Gasteiger partial charge in [0, 0.05) is 19.6 Å². The number of nitrogens with zero attached hydrogens (tertiary/aromatic N) is 2. The molecule has 1 aromatic heterocycles. The van der Waals surface area contributed by atoms with E-state index in [4.69, 9.17) is 15.0 Å². The van der Waals surface area contributed by atoms with Crippen LogP contribution in [-0.4, -0.2) is 23.4 Å². The Labute approximate surface area is 82.6 Å². The van der Waals surface area contributed by atoms with Gasteiger partial charge in [-0.05, 0) is 18.8 Å². The fourth-order valence-corrected chi connectivity index (χ4v) is 1.66. The zero-order valence-electron chi connectivity index (χ0n) is 8.11. The average Bonchev–Trinajstić information content (AvgIpc) is 2.67. The zero-order valence-corrected chi connectivity index (χ0v) is 8.11. The summed E-state index contributed by atoms with van der Waals surface area (Å²) in [4.78, 5) is 4.18. The lowest BCUT2D eigenvalue weighted by Gasteiger charge is -2.20. The van der Waals surface area contributed by atoms with Crippen molar-refractivity contribution in [1.29, 1.82) is 0 Å². The van der Waals surface area contributed by atoms with Crippen LogP contribution in [0.15, 0.2) is 4.52 Å². The number of hydrogen-bond acceptors (Lipinski definition) is 5. The van der Waals surface area contributed by atoms with Crippen molar-refractivity contribution in [2.75, 3.05) is 13.2 Å². The molecule has 1 fully saturated rings. The molecule has 1 aliphatic rings. The summed E-state index contributed by atoms with van der Waals surface area (Å²) in [5.74, 6) is 1.93. The van der Waals surface area contributed by atoms with Crippen LogP contribution in [0.4, 0.5) is 0 Å². The van der Waals surface area contributed by atoms with Gasteiger partial charge in [-0.3, -0.25) is 0 Å². The van der Waals surface area contributed by atoms with Gasteiger partial charge in [0.1, 0.15) is 0 Å². The first-order chi connectivity index (χ1) is 6.88. The van der Waals surface area contributed by atoms with E-state index in [1.54, 1.807) is 0 Å². The molecule has 1 aliphatic heterocycles. The fraction of sp³-hybridized carbons (Fsp3) is 0.778. The summed E-state index contributed by atoms with van der Waals surface area (Å²) in [5, 5.41) is 3.87. The first-order valence-corrected chi connectivity index (χ1v) is 4.97. The normalized spacial score (nSPS) is 18.6. The van der Waals surface area contributed by atoms with Gasteiger partial charge in [-0.1, -0.05) is 5.16 Å². The molecule has 0 aromatic carbocycles. The van der Waals surface area contributed by atoms with Crippen molar-refractivity contribution in [2.24, 2.45) is 11.7 Å². The van der Waals surface area contributed by atoms with E-state index in [2.05, 4.69) is 10.1 Å². The van der Waals surface area contributed by atoms with Gasteiger partial charge in [-0.2, -0.15) is 4.98 Å². The maximum Gasteiger partial charge on any atom is 0.240 e. The molecule has 0 spiro atoms. The Morgan fingerprint density at radius 3 is 2.79 bits per heavy atom. The van der Waals surface area contributed by atoms with E-state index in [0.717, 1.165) is 38.3 Å². The first-order valence-electron chi connectivity index (χ1n) is 4.97. The van der Waals surface area contributed by atoms with Gasteiger partial charge in [0.25, 0.3) is 0 Å². The maximum absolute atomic E-state index is 5.38. The molecule has 0 radical (unpaired) electrons. The van der Waals surface area contributed by atoms with Crippen molar-refractivity contribution < 1.29 is 9.26 Å². The predicted molar refractivity (Wildman–Crippen MR) is 49.4 cm³/mol. The Bertz CT molecular complexity index is 281. The highest BCUT2D eigenvalue weighted by Gasteiger charge is 2.17. The Hall–Kier alpha value is -0.940. The second kappa shape index (κ2) is 4.52. The molecule has 2 heterocycles. The van der Waals surface area contributed by atoms with Crippen LogP contribution in [0.1, 0.15) is 24.6 Å². The third kappa shape index (κ3) is 2.30. The van der Waals surface area contributed by atoms with Gasteiger partial charge in [-0.25, -0.2) is 0 Å². The molecule has 78 valence electrons. The largest absolute Gasteiger partial charge is 0.381 e. The van der Waals surface area contributed by atoms with Crippen molar-refractivity contribution in [2.45, 2.75) is 25.8 Å². The third-order valence-electron chi connectivity index (χ3n) is 2.50. The summed E-state index contributed by atoms with van der Waals surface area (Å²) in [6, 6.07) is 0. The lowest BCUT2D eigenvalue weighted by molar-refractivity contribution is 0.0658. The molecule has 2 N–H and O–H groups in total. The van der Waals surface area contributed by atoms with Crippen LogP contribution in [0.5, 0.6) is 0 Å². The number of aromatic nitrogens is 2. The van der Waals surface area contributed by atoms with Gasteiger partial charge in [0.15, 0.2) is 5.82 Å². The van der Waals surface area contributed by atoms with E-state index in [-0.39, 0.29) is 0 Å². The summed E-state index contributed by atoms with van der Waals surface area (Å²) in [6.45, 7) is 2.03. The van der Waals surface area contributed by atoms with Gasteiger partial charge in [0.2, 0.25) is 5.89 Å². The molecule has 1 saturated heterocycles. The van der Waals surface area contributed by atoms with Crippen molar-refractivity contribution in [3.8, 4) is 0 Å². The zero-order chi connectivity index (χ0) is 9.80. The SMILES string of the molecule is NCc1nc(CC2CCOCC2)no1. The summed E-state index contributed by atoms with van der Waals surface area (Å²) >= 11 is 0. The molecular weight excluding hydrogens is 182 g/mol. The topological polar surface area (TPSA) is 74.2 Å². The minimum absolute atomic E-state index is 0.320. The Kier molecular flexibility index (Phi) is 3.10. The second-order valence-electron chi connectivity index (χ2n) is 3.57. The fourth-order valence-electron chi connectivity index (χ4n) is 1.66. The molecule has 0 amide bonds. The highest BCUT2D eigenvalue weighted by Crippen LogP contribution is 2.18. The third-order valence-corrected chi connectivity index (χ3v) is 2.50. The van der Waals surface area contributed by atoms with Crippen LogP contribution in [0, 0.1) is 5.92 Å². The van der Waals surface area contributed by atoms with E-state index in [9.17, 15) is 0 Å². The lowest BCUT2D eigenvalue weighted by Crippen LogP contribution is -2.18. The molecule has 0 saturated carbocycles. The van der Waals surface area contributed by atoms with Gasteiger partial charge >= 0.3 is 0 Å². The van der Waals surface area contributed by atoms with E-state index in [1.165, 1.54) is 0 Å². The highest BCUT2D eigenvalue weighted by atomic mass is 16.5. The van der Waals surface area contributed by atoms with Crippen molar-refractivity contribution in [3.05, 3.63) is 11.7 Å². The average molecular weight is 197 g/mol. The van der Waals surface area contributed by atoms with Crippen molar-refractivity contribution >= 4 is 0 Å². The van der Waals surface area contributed by atoms with E-state index < -0.39 is 0 Å². The van der Waals surface area contributed by atoms with Gasteiger partial charge in [-0.15, -0.1) is 0 Å². The number of ether oxygens (including phenoxy) is 1. The van der Waals surface area contributed by atoms with Crippen LogP contribution >= 0.6 is 0 Å². The van der Waals surface area contributed by atoms with Crippen LogP contribution in [0.2, 0.25) is 0 Å². The molecule has 2 rings (SSSR count). The Morgan fingerprint density at radius 1 is 1.36 bits per heavy atom. The molecule has 5 heteroatoms. The van der Waals surface area contributed by atoms with E-state index in [1.807, 2.05) is 0 Å². The summed E-state index contributed by atoms with van der Waals surface area (Å²) in [6.07, 6.45) is 3.06. The molecule has 0 unspecified atom stereocenters. The highest BCUT2D eigenvalue weighted by molar-refractivity contribution is 4.88. The van der Waals surface area contributed by atoms with E-state index in [0.29, 0.717) is 18.4 Å². The Balaban J connectivity index is 1.89. The number of rotatable bonds is 3. The van der Waals surface area contributed by atoms with E-state index >= 15 is 0 Å². The first kappa shape index (κ1) is 9.61. The Morgan fingerprint density at radius 2 is 2.14 bits per heavy atom. The smallest absolute Gasteiger partial charge is 0.240 e. The standard InChI is InChI=1S/C9H15N3O2/c10-6-9-11-8(12-14-9)5-7-1-3-13-4-2-7/h7H,1-6,10H2. The second-order valence-corrected chi connectivity index (χ2v) is 3.57. The van der Waals surface area contributed by atoms with Crippen molar-refractivity contribution in [1.82, 2.24) is 10.1 Å². The van der Waals surface area contributed by atoms with Crippen LogP contribution in [-0.2, 0) is 17.7 Å². The predicted octanol–water partition coefficient (Wildman–Crippen LogP) is 0.497. The number of hydrogen-bond donors (Lipinski definition) is 1. The lowest BCUT2D eigenvalue weighted by atomic mass is 9.96. The van der Waals surface area contributed by atoms with Crippen LogP contribution < -0.4 is 5.73 Å². The summed E-state index contributed by atoms with van der Waals surface area (Å²) in [7, 11) is 0. The minimum Gasteiger partial charge on any atom is -0.381 e. The molecule has 14 heavy (non-hydrogen) atoms. The molecule has 0 atom stereocenters.